The quantitative estimate of drug-likeness (QED) is 0.791. The largest absolute Gasteiger partial charge is 0.369 e. The molecular weight excluding hydrogens is 292 g/mol. The summed E-state index contributed by atoms with van der Waals surface area (Å²) in [4.78, 5) is 28.5. The van der Waals surface area contributed by atoms with Gasteiger partial charge in [-0.25, -0.2) is 0 Å². The molecule has 23 heavy (non-hydrogen) atoms. The minimum Gasteiger partial charge on any atom is -0.369 e. The number of nitrogens with two attached hydrogens (primary N) is 1. The molecule has 1 saturated heterocycles. The van der Waals surface area contributed by atoms with Crippen LogP contribution in [0.15, 0.2) is 24.3 Å². The standard InChI is InChI=1S/C17H22N4O2/c1-11-2-3-14-12(8-11)9-15(20-14)17(23)19-13-4-6-21(7-5-13)10-16(18)22/h2-3,8-9,13,20H,4-7,10H2,1H3,(H2,18,22)(H,19,23). The first-order chi connectivity index (χ1) is 11.0. The number of benzene rings is 1. The number of likely N-dealkylation sites (tertiary alicyclic amines) is 1. The van der Waals surface area contributed by atoms with Crippen molar-refractivity contribution >= 4 is 22.7 Å². The molecule has 3 rings (SSSR count). The van der Waals surface area contributed by atoms with E-state index < -0.39 is 0 Å². The number of hydrogen-bond donors (Lipinski definition) is 3. The number of carbonyl (C=O) groups excluding carboxylic acids is 2. The van der Waals surface area contributed by atoms with Crippen LogP contribution in [0.1, 0.15) is 28.9 Å². The van der Waals surface area contributed by atoms with Gasteiger partial charge in [-0.2, -0.15) is 0 Å². The van der Waals surface area contributed by atoms with Gasteiger partial charge in [-0.15, -0.1) is 0 Å². The van der Waals surface area contributed by atoms with Crippen LogP contribution in [0.25, 0.3) is 10.9 Å². The van der Waals surface area contributed by atoms with Gasteiger partial charge < -0.3 is 16.0 Å². The van der Waals surface area contributed by atoms with Crippen molar-refractivity contribution in [2.24, 2.45) is 5.73 Å². The molecule has 1 aromatic carbocycles. The third-order valence-corrected chi connectivity index (χ3v) is 4.32. The SMILES string of the molecule is Cc1ccc2[nH]c(C(=O)NC3CCN(CC(N)=O)CC3)cc2c1. The van der Waals surface area contributed by atoms with E-state index in [0.29, 0.717) is 12.2 Å². The van der Waals surface area contributed by atoms with Crippen LogP contribution >= 0.6 is 0 Å². The number of aromatic amines is 1. The van der Waals surface area contributed by atoms with Crippen molar-refractivity contribution in [3.8, 4) is 0 Å². The van der Waals surface area contributed by atoms with Crippen molar-refractivity contribution in [3.05, 3.63) is 35.5 Å². The molecule has 0 radical (unpaired) electrons. The lowest BCUT2D eigenvalue weighted by atomic mass is 10.0. The van der Waals surface area contributed by atoms with Crippen LogP contribution in [0.3, 0.4) is 0 Å². The summed E-state index contributed by atoms with van der Waals surface area (Å²) in [7, 11) is 0. The smallest absolute Gasteiger partial charge is 0.267 e. The zero-order valence-corrected chi connectivity index (χ0v) is 13.3. The summed E-state index contributed by atoms with van der Waals surface area (Å²) in [6.07, 6.45) is 1.66. The third kappa shape index (κ3) is 3.71. The van der Waals surface area contributed by atoms with Crippen LogP contribution in [0.4, 0.5) is 0 Å². The molecule has 6 heteroatoms. The van der Waals surface area contributed by atoms with Crippen LogP contribution in [0.2, 0.25) is 0 Å². The Kier molecular flexibility index (Phi) is 4.34. The summed E-state index contributed by atoms with van der Waals surface area (Å²) in [5.74, 6) is -0.381. The van der Waals surface area contributed by atoms with Gasteiger partial charge in [0.1, 0.15) is 5.69 Å². The number of hydrogen-bond acceptors (Lipinski definition) is 3. The number of amides is 2. The van der Waals surface area contributed by atoms with Gasteiger partial charge in [-0.05, 0) is 38.0 Å². The summed E-state index contributed by atoms with van der Waals surface area (Å²) in [5.41, 5.74) is 7.94. The lowest BCUT2D eigenvalue weighted by Gasteiger charge is -2.31. The molecule has 0 aliphatic carbocycles. The minimum atomic E-state index is -0.305. The fourth-order valence-corrected chi connectivity index (χ4v) is 3.09. The van der Waals surface area contributed by atoms with Crippen molar-refractivity contribution in [2.75, 3.05) is 19.6 Å². The van der Waals surface area contributed by atoms with Crippen LogP contribution in [-0.2, 0) is 4.79 Å². The van der Waals surface area contributed by atoms with Crippen LogP contribution < -0.4 is 11.1 Å². The number of nitrogens with one attached hydrogen (secondary N) is 2. The highest BCUT2D eigenvalue weighted by Crippen LogP contribution is 2.17. The van der Waals surface area contributed by atoms with Crippen LogP contribution in [0, 0.1) is 6.92 Å². The van der Waals surface area contributed by atoms with Gasteiger partial charge in [0.2, 0.25) is 5.91 Å². The second-order valence-electron chi connectivity index (χ2n) is 6.26. The Morgan fingerprint density at radius 2 is 2.04 bits per heavy atom. The fourth-order valence-electron chi connectivity index (χ4n) is 3.09. The highest BCUT2D eigenvalue weighted by atomic mass is 16.2. The zero-order chi connectivity index (χ0) is 16.4. The Balaban J connectivity index is 1.59. The van der Waals surface area contributed by atoms with E-state index in [1.54, 1.807) is 0 Å². The molecule has 0 atom stereocenters. The van der Waals surface area contributed by atoms with Gasteiger partial charge in [0, 0.05) is 30.0 Å². The maximum absolute atomic E-state index is 12.4. The first-order valence-corrected chi connectivity index (χ1v) is 7.92. The summed E-state index contributed by atoms with van der Waals surface area (Å²) < 4.78 is 0. The van der Waals surface area contributed by atoms with Crippen molar-refractivity contribution in [1.82, 2.24) is 15.2 Å². The summed E-state index contributed by atoms with van der Waals surface area (Å²) in [6, 6.07) is 8.10. The molecule has 1 fully saturated rings. The van der Waals surface area contributed by atoms with E-state index in [2.05, 4.69) is 16.4 Å². The van der Waals surface area contributed by atoms with Crippen LogP contribution in [-0.4, -0.2) is 47.4 Å². The Morgan fingerprint density at radius 1 is 1.30 bits per heavy atom. The fraction of sp³-hybridized carbons (Fsp3) is 0.412. The molecule has 2 heterocycles. The monoisotopic (exact) mass is 314 g/mol. The van der Waals surface area contributed by atoms with E-state index in [1.807, 2.05) is 30.0 Å². The lowest BCUT2D eigenvalue weighted by Crippen LogP contribution is -2.46. The highest BCUT2D eigenvalue weighted by Gasteiger charge is 2.22. The molecule has 2 aromatic rings. The Bertz CT molecular complexity index is 729. The second-order valence-corrected chi connectivity index (χ2v) is 6.26. The average Bonchev–Trinajstić information content (AvgIpc) is 2.92. The number of carbonyl (C=O) groups is 2. The van der Waals surface area contributed by atoms with Gasteiger partial charge in [0.05, 0.1) is 6.54 Å². The van der Waals surface area contributed by atoms with Gasteiger partial charge in [0.15, 0.2) is 0 Å². The number of fused-ring (bicyclic) bond motifs is 1. The molecule has 4 N–H and O–H groups in total. The molecule has 0 unspecified atom stereocenters. The normalized spacial score (nSPS) is 16.6. The third-order valence-electron chi connectivity index (χ3n) is 4.32. The van der Waals surface area contributed by atoms with Crippen molar-refractivity contribution in [3.63, 3.8) is 0 Å². The maximum atomic E-state index is 12.4. The number of primary amides is 1. The topological polar surface area (TPSA) is 91.2 Å². The van der Waals surface area contributed by atoms with E-state index in [-0.39, 0.29) is 17.9 Å². The van der Waals surface area contributed by atoms with Crippen molar-refractivity contribution < 1.29 is 9.59 Å². The molecular formula is C17H22N4O2. The van der Waals surface area contributed by atoms with E-state index in [1.165, 1.54) is 5.56 Å². The minimum absolute atomic E-state index is 0.0767. The average molecular weight is 314 g/mol. The van der Waals surface area contributed by atoms with Gasteiger partial charge in [-0.1, -0.05) is 11.6 Å². The molecule has 1 aromatic heterocycles. The molecule has 2 amide bonds. The number of aromatic nitrogens is 1. The van der Waals surface area contributed by atoms with E-state index in [0.717, 1.165) is 36.8 Å². The Morgan fingerprint density at radius 3 is 2.74 bits per heavy atom. The summed E-state index contributed by atoms with van der Waals surface area (Å²) in [5, 5.41) is 4.12. The molecule has 0 bridgehead atoms. The molecule has 0 spiro atoms. The van der Waals surface area contributed by atoms with E-state index in [4.69, 9.17) is 5.73 Å². The van der Waals surface area contributed by atoms with Gasteiger partial charge in [0.25, 0.3) is 5.91 Å². The van der Waals surface area contributed by atoms with Gasteiger partial charge >= 0.3 is 0 Å². The number of rotatable bonds is 4. The van der Waals surface area contributed by atoms with Crippen molar-refractivity contribution in [1.29, 1.82) is 0 Å². The molecule has 122 valence electrons. The Labute approximate surface area is 135 Å². The number of piperidine rings is 1. The number of nitrogens with zero attached hydrogens (tertiary/aromatic N) is 1. The lowest BCUT2D eigenvalue weighted by molar-refractivity contribution is -0.119. The zero-order valence-electron chi connectivity index (χ0n) is 13.3. The molecule has 0 saturated carbocycles. The number of H-pyrrole nitrogens is 1. The summed E-state index contributed by atoms with van der Waals surface area (Å²) in [6.45, 7) is 3.88. The number of aryl methyl sites for hydroxylation is 1. The van der Waals surface area contributed by atoms with E-state index in [9.17, 15) is 9.59 Å². The second kappa shape index (κ2) is 6.42. The predicted octanol–water partition coefficient (Wildman–Crippen LogP) is 1.16. The Hall–Kier alpha value is -2.34. The molecule has 1 aliphatic heterocycles. The molecule has 1 aliphatic rings. The summed E-state index contributed by atoms with van der Waals surface area (Å²) >= 11 is 0. The predicted molar refractivity (Wildman–Crippen MR) is 89.2 cm³/mol. The van der Waals surface area contributed by atoms with Gasteiger partial charge in [-0.3, -0.25) is 14.5 Å². The molecule has 6 nitrogen and oxygen atoms in total. The van der Waals surface area contributed by atoms with Crippen molar-refractivity contribution in [2.45, 2.75) is 25.8 Å². The van der Waals surface area contributed by atoms with Crippen LogP contribution in [0.5, 0.6) is 0 Å². The highest BCUT2D eigenvalue weighted by molar-refractivity contribution is 5.98. The maximum Gasteiger partial charge on any atom is 0.267 e. The first kappa shape index (κ1) is 15.6. The van der Waals surface area contributed by atoms with E-state index >= 15 is 0 Å². The first-order valence-electron chi connectivity index (χ1n) is 7.92.